The minimum absolute atomic E-state index is 0.0200. The molecule has 2 aromatic carbocycles. The summed E-state index contributed by atoms with van der Waals surface area (Å²) in [5, 5.41) is 0.606. The molecule has 0 aliphatic carbocycles. The van der Waals surface area contributed by atoms with Gasteiger partial charge in [-0.25, -0.2) is 4.98 Å². The second kappa shape index (κ2) is 4.93. The van der Waals surface area contributed by atoms with Crippen molar-refractivity contribution >= 4 is 34.2 Å². The van der Waals surface area contributed by atoms with Crippen LogP contribution in [0.4, 0.5) is 13.2 Å². The highest BCUT2D eigenvalue weighted by molar-refractivity contribution is 6.42. The zero-order valence-electron chi connectivity index (χ0n) is 10.3. The zero-order valence-corrected chi connectivity index (χ0v) is 11.8. The first-order valence-electron chi connectivity index (χ1n) is 5.87. The quantitative estimate of drug-likeness (QED) is 0.622. The Balaban J connectivity index is 2.22. The Morgan fingerprint density at radius 2 is 1.67 bits per heavy atom. The summed E-state index contributed by atoms with van der Waals surface area (Å²) >= 11 is 11.8. The van der Waals surface area contributed by atoms with E-state index in [1.165, 1.54) is 30.3 Å². The van der Waals surface area contributed by atoms with Gasteiger partial charge in [0.2, 0.25) is 0 Å². The summed E-state index contributed by atoms with van der Waals surface area (Å²) in [6.07, 6.45) is -4.45. The highest BCUT2D eigenvalue weighted by Crippen LogP contribution is 2.37. The number of alkyl halides is 3. The summed E-state index contributed by atoms with van der Waals surface area (Å²) in [4.78, 5) is 7.00. The largest absolute Gasteiger partial charge is 0.417 e. The van der Waals surface area contributed by atoms with E-state index in [4.69, 9.17) is 23.2 Å². The normalized spacial score (nSPS) is 12.0. The molecular weight excluding hydrogens is 324 g/mol. The van der Waals surface area contributed by atoms with Crippen LogP contribution in [-0.4, -0.2) is 9.97 Å². The SMILES string of the molecule is FC(F)(F)c1ccccc1-c1nc2cc(Cl)c(Cl)cc2[nH]1. The van der Waals surface area contributed by atoms with Crippen molar-refractivity contribution in [3.8, 4) is 11.4 Å². The van der Waals surface area contributed by atoms with Crippen LogP contribution >= 0.6 is 23.2 Å². The molecule has 7 heteroatoms. The third-order valence-electron chi connectivity index (χ3n) is 3.01. The molecule has 3 aromatic rings. The predicted molar refractivity (Wildman–Crippen MR) is 76.6 cm³/mol. The maximum Gasteiger partial charge on any atom is 0.417 e. The van der Waals surface area contributed by atoms with Crippen molar-refractivity contribution in [2.75, 3.05) is 0 Å². The van der Waals surface area contributed by atoms with Crippen molar-refractivity contribution in [2.45, 2.75) is 6.18 Å². The van der Waals surface area contributed by atoms with Crippen LogP contribution in [0.2, 0.25) is 10.0 Å². The number of nitrogens with zero attached hydrogens (tertiary/aromatic N) is 1. The summed E-state index contributed by atoms with van der Waals surface area (Å²) in [5.41, 5.74) is 0.211. The standard InChI is InChI=1S/C14H7Cl2F3N2/c15-9-5-11-12(6-10(9)16)21-13(20-11)7-3-1-2-4-8(7)14(17,18)19/h1-6H,(H,20,21). The Bertz CT molecular complexity index is 786. The van der Waals surface area contributed by atoms with Crippen molar-refractivity contribution in [1.29, 1.82) is 0 Å². The summed E-state index contributed by atoms with van der Waals surface area (Å²) in [7, 11) is 0. The topological polar surface area (TPSA) is 28.7 Å². The number of aromatic amines is 1. The molecule has 0 bridgehead atoms. The van der Waals surface area contributed by atoms with Gasteiger partial charge in [-0.2, -0.15) is 13.2 Å². The van der Waals surface area contributed by atoms with E-state index in [0.29, 0.717) is 21.1 Å². The van der Waals surface area contributed by atoms with Crippen LogP contribution in [0.1, 0.15) is 5.56 Å². The van der Waals surface area contributed by atoms with Gasteiger partial charge in [-0.3, -0.25) is 0 Å². The predicted octanol–water partition coefficient (Wildman–Crippen LogP) is 5.56. The number of nitrogens with one attached hydrogen (secondary N) is 1. The molecule has 1 N–H and O–H groups in total. The summed E-state index contributed by atoms with van der Waals surface area (Å²) in [5.74, 6) is 0.122. The molecule has 0 unspecified atom stereocenters. The van der Waals surface area contributed by atoms with E-state index in [0.717, 1.165) is 6.07 Å². The van der Waals surface area contributed by atoms with Crippen LogP contribution in [0, 0.1) is 0 Å². The van der Waals surface area contributed by atoms with E-state index < -0.39 is 11.7 Å². The van der Waals surface area contributed by atoms with Gasteiger partial charge in [-0.15, -0.1) is 0 Å². The second-order valence-corrected chi connectivity index (χ2v) is 5.23. The number of aromatic nitrogens is 2. The summed E-state index contributed by atoms with van der Waals surface area (Å²) in [6.45, 7) is 0. The summed E-state index contributed by atoms with van der Waals surface area (Å²) < 4.78 is 39.1. The third kappa shape index (κ3) is 2.59. The molecule has 2 nitrogen and oxygen atoms in total. The monoisotopic (exact) mass is 330 g/mol. The highest BCUT2D eigenvalue weighted by atomic mass is 35.5. The third-order valence-corrected chi connectivity index (χ3v) is 3.73. The summed E-state index contributed by atoms with van der Waals surface area (Å²) in [6, 6.07) is 8.29. The average molecular weight is 331 g/mol. The lowest BCUT2D eigenvalue weighted by Crippen LogP contribution is -2.07. The minimum atomic E-state index is -4.45. The number of hydrogen-bond acceptors (Lipinski definition) is 1. The molecular formula is C14H7Cl2F3N2. The molecule has 0 radical (unpaired) electrons. The first-order chi connectivity index (χ1) is 9.86. The molecule has 0 saturated heterocycles. The maximum absolute atomic E-state index is 13.0. The van der Waals surface area contributed by atoms with Gasteiger partial charge in [-0.05, 0) is 18.2 Å². The van der Waals surface area contributed by atoms with Gasteiger partial charge in [0.05, 0.1) is 26.6 Å². The Kier molecular flexibility index (Phi) is 3.34. The smallest absolute Gasteiger partial charge is 0.338 e. The first-order valence-corrected chi connectivity index (χ1v) is 6.63. The van der Waals surface area contributed by atoms with Crippen molar-refractivity contribution in [3.05, 3.63) is 52.0 Å². The van der Waals surface area contributed by atoms with Gasteiger partial charge in [0.25, 0.3) is 0 Å². The average Bonchev–Trinajstić information content (AvgIpc) is 2.81. The van der Waals surface area contributed by atoms with Crippen molar-refractivity contribution in [2.24, 2.45) is 0 Å². The lowest BCUT2D eigenvalue weighted by atomic mass is 10.1. The number of rotatable bonds is 1. The van der Waals surface area contributed by atoms with Crippen LogP contribution in [-0.2, 0) is 6.18 Å². The molecule has 0 aliphatic heterocycles. The minimum Gasteiger partial charge on any atom is -0.338 e. The first kappa shape index (κ1) is 14.2. The number of halogens is 5. The Hall–Kier alpha value is -1.72. The Labute approximate surface area is 127 Å². The molecule has 0 amide bonds. The van der Waals surface area contributed by atoms with E-state index in [-0.39, 0.29) is 11.4 Å². The molecule has 1 aromatic heterocycles. The van der Waals surface area contributed by atoms with E-state index in [9.17, 15) is 13.2 Å². The van der Waals surface area contributed by atoms with Gasteiger partial charge in [0.15, 0.2) is 0 Å². The van der Waals surface area contributed by atoms with Gasteiger partial charge in [-0.1, -0.05) is 41.4 Å². The van der Waals surface area contributed by atoms with E-state index >= 15 is 0 Å². The van der Waals surface area contributed by atoms with Gasteiger partial charge in [0, 0.05) is 5.56 Å². The number of imidazole rings is 1. The highest BCUT2D eigenvalue weighted by Gasteiger charge is 2.34. The van der Waals surface area contributed by atoms with E-state index in [2.05, 4.69) is 9.97 Å². The van der Waals surface area contributed by atoms with Crippen molar-refractivity contribution in [1.82, 2.24) is 9.97 Å². The molecule has 1 heterocycles. The fraction of sp³-hybridized carbons (Fsp3) is 0.0714. The molecule has 108 valence electrons. The van der Waals surface area contributed by atoms with Crippen molar-refractivity contribution in [3.63, 3.8) is 0 Å². The Morgan fingerprint density at radius 1 is 1.00 bits per heavy atom. The fourth-order valence-electron chi connectivity index (χ4n) is 2.07. The molecule has 21 heavy (non-hydrogen) atoms. The molecule has 0 atom stereocenters. The fourth-order valence-corrected chi connectivity index (χ4v) is 2.39. The van der Waals surface area contributed by atoms with Crippen LogP contribution < -0.4 is 0 Å². The maximum atomic E-state index is 13.0. The van der Waals surface area contributed by atoms with Gasteiger partial charge < -0.3 is 4.98 Å². The van der Waals surface area contributed by atoms with E-state index in [1.54, 1.807) is 0 Å². The second-order valence-electron chi connectivity index (χ2n) is 4.41. The lowest BCUT2D eigenvalue weighted by Gasteiger charge is -2.10. The number of benzene rings is 2. The lowest BCUT2D eigenvalue weighted by molar-refractivity contribution is -0.137. The van der Waals surface area contributed by atoms with Crippen molar-refractivity contribution < 1.29 is 13.2 Å². The number of hydrogen-bond donors (Lipinski definition) is 1. The Morgan fingerprint density at radius 3 is 2.38 bits per heavy atom. The molecule has 0 saturated carbocycles. The van der Waals surface area contributed by atoms with Gasteiger partial charge >= 0.3 is 6.18 Å². The molecule has 0 spiro atoms. The number of H-pyrrole nitrogens is 1. The zero-order chi connectivity index (χ0) is 15.2. The van der Waals surface area contributed by atoms with Crippen LogP contribution in [0.5, 0.6) is 0 Å². The van der Waals surface area contributed by atoms with Crippen LogP contribution in [0.15, 0.2) is 36.4 Å². The van der Waals surface area contributed by atoms with Gasteiger partial charge in [0.1, 0.15) is 5.82 Å². The molecule has 3 rings (SSSR count). The molecule has 0 aliphatic rings. The van der Waals surface area contributed by atoms with E-state index in [1.807, 2.05) is 0 Å². The van der Waals surface area contributed by atoms with Crippen LogP contribution in [0.3, 0.4) is 0 Å². The molecule has 0 fully saturated rings. The van der Waals surface area contributed by atoms with Crippen LogP contribution in [0.25, 0.3) is 22.4 Å². The number of fused-ring (bicyclic) bond motifs is 1.